The molecule has 0 amide bonds. The van der Waals surface area contributed by atoms with Crippen LogP contribution in [0.15, 0.2) is 29.2 Å². The Kier molecular flexibility index (Phi) is 3.69. The number of hydrogen-bond donors (Lipinski definition) is 0. The summed E-state index contributed by atoms with van der Waals surface area (Å²) in [5.74, 6) is -1.47. The van der Waals surface area contributed by atoms with Crippen molar-refractivity contribution in [2.75, 3.05) is 17.8 Å². The highest BCUT2D eigenvalue weighted by molar-refractivity contribution is 7.94. The summed E-state index contributed by atoms with van der Waals surface area (Å²) < 4.78 is 57.4. The molecule has 0 aliphatic heterocycles. The van der Waals surface area contributed by atoms with Gasteiger partial charge < -0.3 is 0 Å². The summed E-state index contributed by atoms with van der Waals surface area (Å²) in [6, 6.07) is 4.28. The van der Waals surface area contributed by atoms with Crippen molar-refractivity contribution in [2.24, 2.45) is 0 Å². The van der Waals surface area contributed by atoms with Gasteiger partial charge >= 0.3 is 0 Å². The van der Waals surface area contributed by atoms with Gasteiger partial charge in [-0.2, -0.15) is 0 Å². The molecule has 0 spiro atoms. The van der Waals surface area contributed by atoms with Crippen LogP contribution in [0.2, 0.25) is 0 Å². The Morgan fingerprint density at radius 1 is 1.00 bits per heavy atom. The molecule has 0 N–H and O–H groups in total. The molecule has 16 heavy (non-hydrogen) atoms. The predicted octanol–water partition coefficient (Wildman–Crippen LogP) is 0.644. The number of sulfone groups is 2. The maximum Gasteiger partial charge on any atom is 0.179 e. The Morgan fingerprint density at radius 3 is 1.94 bits per heavy atom. The number of benzene rings is 1. The van der Waals surface area contributed by atoms with Crippen molar-refractivity contribution in [3.8, 4) is 0 Å². The molecule has 0 saturated carbocycles. The Morgan fingerprint density at radius 2 is 1.50 bits per heavy atom. The second-order valence-electron chi connectivity index (χ2n) is 3.40. The maximum absolute atomic E-state index is 12.6. The second-order valence-corrected chi connectivity index (χ2v) is 7.77. The quantitative estimate of drug-likeness (QED) is 0.750. The minimum atomic E-state index is -3.66. The third-order valence-corrected chi connectivity index (χ3v) is 4.83. The molecular weight excluding hydrogens is 255 g/mol. The predicted molar refractivity (Wildman–Crippen MR) is 58.2 cm³/mol. The van der Waals surface area contributed by atoms with Crippen LogP contribution in [-0.4, -0.2) is 34.6 Å². The van der Waals surface area contributed by atoms with Crippen molar-refractivity contribution in [3.05, 3.63) is 30.1 Å². The Balaban J connectivity index is 2.91. The molecule has 4 nitrogen and oxygen atoms in total. The molecule has 0 fully saturated rings. The van der Waals surface area contributed by atoms with Crippen LogP contribution in [0.3, 0.4) is 0 Å². The Hall–Kier alpha value is -0.950. The fourth-order valence-corrected chi connectivity index (χ4v) is 3.90. The summed E-state index contributed by atoms with van der Waals surface area (Å²) in [6.07, 6.45) is 0.965. The molecule has 0 atom stereocenters. The van der Waals surface area contributed by atoms with Crippen molar-refractivity contribution >= 4 is 19.7 Å². The first-order chi connectivity index (χ1) is 7.21. The van der Waals surface area contributed by atoms with Crippen LogP contribution < -0.4 is 0 Å². The van der Waals surface area contributed by atoms with E-state index in [4.69, 9.17) is 0 Å². The van der Waals surface area contributed by atoms with Gasteiger partial charge in [0.2, 0.25) is 0 Å². The van der Waals surface area contributed by atoms with Crippen molar-refractivity contribution in [2.45, 2.75) is 4.90 Å². The summed E-state index contributed by atoms with van der Waals surface area (Å²) in [7, 11) is -6.98. The zero-order chi connectivity index (χ0) is 12.4. The number of rotatable bonds is 4. The topological polar surface area (TPSA) is 68.3 Å². The molecule has 90 valence electrons. The van der Waals surface area contributed by atoms with E-state index in [0.717, 1.165) is 30.5 Å². The normalized spacial score (nSPS) is 12.6. The van der Waals surface area contributed by atoms with E-state index >= 15 is 0 Å². The lowest BCUT2D eigenvalue weighted by Gasteiger charge is -2.03. The maximum atomic E-state index is 12.6. The Bertz CT molecular complexity index is 558. The SMILES string of the molecule is CS(=O)(=O)CCS(=O)(=O)c1ccc(F)cc1. The van der Waals surface area contributed by atoms with Gasteiger partial charge in [-0.05, 0) is 24.3 Å². The first-order valence-corrected chi connectivity index (χ1v) is 8.08. The van der Waals surface area contributed by atoms with Crippen molar-refractivity contribution < 1.29 is 21.2 Å². The van der Waals surface area contributed by atoms with Crippen LogP contribution in [0.1, 0.15) is 0 Å². The van der Waals surface area contributed by atoms with Crippen LogP contribution >= 0.6 is 0 Å². The van der Waals surface area contributed by atoms with Gasteiger partial charge in [-0.1, -0.05) is 0 Å². The van der Waals surface area contributed by atoms with E-state index in [0.29, 0.717) is 0 Å². The zero-order valence-corrected chi connectivity index (χ0v) is 10.2. The highest BCUT2D eigenvalue weighted by atomic mass is 32.2. The first kappa shape index (κ1) is 13.1. The van der Waals surface area contributed by atoms with Gasteiger partial charge in [0.05, 0.1) is 16.4 Å². The zero-order valence-electron chi connectivity index (χ0n) is 8.55. The molecule has 1 aromatic carbocycles. The van der Waals surface area contributed by atoms with E-state index in [1.807, 2.05) is 0 Å². The average Bonchev–Trinajstić information content (AvgIpc) is 2.15. The van der Waals surface area contributed by atoms with Gasteiger partial charge in [0, 0.05) is 6.26 Å². The summed E-state index contributed by atoms with van der Waals surface area (Å²) >= 11 is 0. The highest BCUT2D eigenvalue weighted by Crippen LogP contribution is 2.12. The summed E-state index contributed by atoms with van der Waals surface area (Å²) in [6.45, 7) is 0. The van der Waals surface area contributed by atoms with Gasteiger partial charge in [0.1, 0.15) is 15.7 Å². The van der Waals surface area contributed by atoms with E-state index in [2.05, 4.69) is 0 Å². The molecule has 1 rings (SSSR count). The monoisotopic (exact) mass is 266 g/mol. The molecule has 0 heterocycles. The van der Waals surface area contributed by atoms with Crippen LogP contribution in [0.4, 0.5) is 4.39 Å². The van der Waals surface area contributed by atoms with Gasteiger partial charge in [-0.3, -0.25) is 0 Å². The van der Waals surface area contributed by atoms with Gasteiger partial charge in [-0.15, -0.1) is 0 Å². The molecule has 0 saturated heterocycles. The van der Waals surface area contributed by atoms with E-state index in [1.54, 1.807) is 0 Å². The average molecular weight is 266 g/mol. The lowest BCUT2D eigenvalue weighted by molar-refractivity contribution is 0.589. The third kappa shape index (κ3) is 3.90. The van der Waals surface area contributed by atoms with Crippen LogP contribution in [-0.2, 0) is 19.7 Å². The fourth-order valence-electron chi connectivity index (χ4n) is 1.02. The second kappa shape index (κ2) is 4.50. The van der Waals surface area contributed by atoms with Gasteiger partial charge in [0.25, 0.3) is 0 Å². The van der Waals surface area contributed by atoms with E-state index in [-0.39, 0.29) is 4.90 Å². The third-order valence-electron chi connectivity index (χ3n) is 1.90. The number of hydrogen-bond acceptors (Lipinski definition) is 4. The van der Waals surface area contributed by atoms with Crippen molar-refractivity contribution in [1.82, 2.24) is 0 Å². The first-order valence-electron chi connectivity index (χ1n) is 4.37. The Labute approximate surface area is 93.9 Å². The molecule has 0 aliphatic rings. The molecule has 7 heteroatoms. The van der Waals surface area contributed by atoms with Gasteiger partial charge in [-0.25, -0.2) is 21.2 Å². The number of halogens is 1. The summed E-state index contributed by atoms with van der Waals surface area (Å²) in [5, 5.41) is 0. The van der Waals surface area contributed by atoms with E-state index in [1.165, 1.54) is 0 Å². The summed E-state index contributed by atoms with van der Waals surface area (Å²) in [5.41, 5.74) is 0. The minimum Gasteiger partial charge on any atom is -0.229 e. The lowest BCUT2D eigenvalue weighted by Crippen LogP contribution is -2.16. The van der Waals surface area contributed by atoms with E-state index in [9.17, 15) is 21.2 Å². The smallest absolute Gasteiger partial charge is 0.179 e. The van der Waals surface area contributed by atoms with Crippen molar-refractivity contribution in [1.29, 1.82) is 0 Å². The molecular formula is C9H11FO4S2. The standard InChI is InChI=1S/C9H11FO4S2/c1-15(11,12)6-7-16(13,14)9-4-2-8(10)3-5-9/h2-5H,6-7H2,1H3. The van der Waals surface area contributed by atoms with Crippen LogP contribution in [0.5, 0.6) is 0 Å². The minimum absolute atomic E-state index is 0.0717. The molecule has 0 aliphatic carbocycles. The van der Waals surface area contributed by atoms with Crippen molar-refractivity contribution in [3.63, 3.8) is 0 Å². The molecule has 0 unspecified atom stereocenters. The van der Waals surface area contributed by atoms with Gasteiger partial charge in [0.15, 0.2) is 9.84 Å². The molecule has 1 aromatic rings. The largest absolute Gasteiger partial charge is 0.229 e. The van der Waals surface area contributed by atoms with Crippen LogP contribution in [0.25, 0.3) is 0 Å². The van der Waals surface area contributed by atoms with Crippen LogP contribution in [0, 0.1) is 5.82 Å². The summed E-state index contributed by atoms with van der Waals surface area (Å²) in [4.78, 5) is -0.0717. The lowest BCUT2D eigenvalue weighted by atomic mass is 10.4. The molecule has 0 radical (unpaired) electrons. The highest BCUT2D eigenvalue weighted by Gasteiger charge is 2.17. The molecule has 0 bridgehead atoms. The molecule has 0 aromatic heterocycles. The fraction of sp³-hybridized carbons (Fsp3) is 0.333. The van der Waals surface area contributed by atoms with E-state index < -0.39 is 37.0 Å².